The highest BCUT2D eigenvalue weighted by Crippen LogP contribution is 2.28. The number of aliphatic hydroxyl groups excluding tert-OH is 1. The Morgan fingerprint density at radius 1 is 1.13 bits per heavy atom. The number of halogens is 1. The SMILES string of the molecule is Cc1c(F)ccc2c(-c3cn(Cc4cccc(C(C)(C)CO)n4)nn3)nc(N)nc12. The number of benzene rings is 1. The zero-order valence-corrected chi connectivity index (χ0v) is 17.0. The van der Waals surface area contributed by atoms with Crippen molar-refractivity contribution in [2.75, 3.05) is 12.3 Å². The van der Waals surface area contributed by atoms with Crippen LogP contribution in [0.3, 0.4) is 0 Å². The van der Waals surface area contributed by atoms with Crippen molar-refractivity contribution in [2.24, 2.45) is 0 Å². The van der Waals surface area contributed by atoms with Gasteiger partial charge in [-0.1, -0.05) is 25.1 Å². The molecule has 3 aromatic heterocycles. The van der Waals surface area contributed by atoms with E-state index in [1.54, 1.807) is 23.9 Å². The number of anilines is 1. The Balaban J connectivity index is 1.69. The first-order valence-corrected chi connectivity index (χ1v) is 9.48. The first-order chi connectivity index (χ1) is 14.3. The summed E-state index contributed by atoms with van der Waals surface area (Å²) < 4.78 is 15.6. The van der Waals surface area contributed by atoms with Crippen molar-refractivity contribution in [3.63, 3.8) is 0 Å². The molecule has 0 aliphatic rings. The second-order valence-corrected chi connectivity index (χ2v) is 7.86. The first-order valence-electron chi connectivity index (χ1n) is 9.48. The molecule has 0 saturated carbocycles. The summed E-state index contributed by atoms with van der Waals surface area (Å²) in [5.41, 5.74) is 8.86. The molecule has 0 atom stereocenters. The van der Waals surface area contributed by atoms with Crippen LogP contribution in [-0.2, 0) is 12.0 Å². The minimum Gasteiger partial charge on any atom is -0.395 e. The molecule has 0 bridgehead atoms. The Morgan fingerprint density at radius 2 is 1.93 bits per heavy atom. The van der Waals surface area contributed by atoms with Crippen molar-refractivity contribution in [1.29, 1.82) is 0 Å². The maximum absolute atomic E-state index is 13.9. The molecule has 0 radical (unpaired) electrons. The van der Waals surface area contributed by atoms with Crippen molar-refractivity contribution < 1.29 is 9.50 Å². The fourth-order valence-electron chi connectivity index (χ4n) is 3.20. The average molecular weight is 407 g/mol. The van der Waals surface area contributed by atoms with Gasteiger partial charge in [-0.05, 0) is 31.2 Å². The van der Waals surface area contributed by atoms with E-state index in [4.69, 9.17) is 5.73 Å². The lowest BCUT2D eigenvalue weighted by Gasteiger charge is -2.21. The molecule has 0 aliphatic carbocycles. The molecule has 9 heteroatoms. The maximum Gasteiger partial charge on any atom is 0.221 e. The molecular formula is C21H22FN7O. The summed E-state index contributed by atoms with van der Waals surface area (Å²) in [5.74, 6) is -0.312. The largest absolute Gasteiger partial charge is 0.395 e. The summed E-state index contributed by atoms with van der Waals surface area (Å²) in [4.78, 5) is 13.1. The molecule has 0 unspecified atom stereocenters. The van der Waals surface area contributed by atoms with E-state index in [1.807, 2.05) is 32.0 Å². The number of hydrogen-bond acceptors (Lipinski definition) is 7. The minimum absolute atomic E-state index is 0.000847. The molecule has 3 heterocycles. The van der Waals surface area contributed by atoms with Gasteiger partial charge in [-0.3, -0.25) is 4.98 Å². The molecule has 0 aliphatic heterocycles. The highest BCUT2D eigenvalue weighted by atomic mass is 19.1. The number of nitrogens with zero attached hydrogens (tertiary/aromatic N) is 6. The molecule has 0 saturated heterocycles. The van der Waals surface area contributed by atoms with Crippen LogP contribution in [0.4, 0.5) is 10.3 Å². The van der Waals surface area contributed by atoms with Crippen LogP contribution in [0.5, 0.6) is 0 Å². The number of rotatable bonds is 5. The smallest absolute Gasteiger partial charge is 0.221 e. The van der Waals surface area contributed by atoms with Gasteiger partial charge in [-0.2, -0.15) is 0 Å². The predicted molar refractivity (Wildman–Crippen MR) is 111 cm³/mol. The molecule has 8 nitrogen and oxygen atoms in total. The van der Waals surface area contributed by atoms with Gasteiger partial charge in [0.1, 0.15) is 17.2 Å². The zero-order chi connectivity index (χ0) is 21.5. The normalized spacial score (nSPS) is 11.9. The van der Waals surface area contributed by atoms with Crippen LogP contribution < -0.4 is 5.73 Å². The number of pyridine rings is 1. The fraction of sp³-hybridized carbons (Fsp3) is 0.286. The van der Waals surface area contributed by atoms with E-state index in [-0.39, 0.29) is 18.4 Å². The van der Waals surface area contributed by atoms with Gasteiger partial charge in [0.05, 0.1) is 30.6 Å². The topological polar surface area (TPSA) is 116 Å². The molecule has 4 rings (SSSR count). The summed E-state index contributed by atoms with van der Waals surface area (Å²) in [6.45, 7) is 5.91. The monoisotopic (exact) mass is 407 g/mol. The van der Waals surface area contributed by atoms with Crippen molar-refractivity contribution in [3.8, 4) is 11.4 Å². The zero-order valence-electron chi connectivity index (χ0n) is 17.0. The number of hydrogen-bond donors (Lipinski definition) is 2. The summed E-state index contributed by atoms with van der Waals surface area (Å²) in [6.07, 6.45) is 1.74. The Morgan fingerprint density at radius 3 is 2.70 bits per heavy atom. The number of aliphatic hydroxyl groups is 1. The number of nitrogens with two attached hydrogens (primary N) is 1. The predicted octanol–water partition coefficient (Wildman–Crippen LogP) is 2.63. The molecule has 0 fully saturated rings. The highest BCUT2D eigenvalue weighted by molar-refractivity contribution is 5.93. The van der Waals surface area contributed by atoms with Gasteiger partial charge in [0, 0.05) is 22.1 Å². The Hall–Kier alpha value is -3.46. The average Bonchev–Trinajstić information content (AvgIpc) is 3.19. The lowest BCUT2D eigenvalue weighted by Crippen LogP contribution is -2.24. The van der Waals surface area contributed by atoms with E-state index in [1.165, 1.54) is 6.07 Å². The molecule has 30 heavy (non-hydrogen) atoms. The summed E-state index contributed by atoms with van der Waals surface area (Å²) in [6, 6.07) is 8.69. The van der Waals surface area contributed by atoms with E-state index < -0.39 is 5.41 Å². The molecular weight excluding hydrogens is 385 g/mol. The maximum atomic E-state index is 13.9. The van der Waals surface area contributed by atoms with Crippen molar-refractivity contribution in [2.45, 2.75) is 32.7 Å². The van der Waals surface area contributed by atoms with Crippen LogP contribution >= 0.6 is 0 Å². The standard InChI is InChI=1S/C21H22FN7O/c1-12-15(22)8-7-14-18(12)25-20(23)26-19(14)16-10-29(28-27-16)9-13-5-4-6-17(24-13)21(2,3)11-30/h4-8,10,30H,9,11H2,1-3H3,(H2,23,25,26). The van der Waals surface area contributed by atoms with Gasteiger partial charge in [-0.15, -0.1) is 5.10 Å². The quantitative estimate of drug-likeness (QED) is 0.522. The van der Waals surface area contributed by atoms with Gasteiger partial charge in [0.15, 0.2) is 0 Å². The van der Waals surface area contributed by atoms with Crippen molar-refractivity contribution in [1.82, 2.24) is 29.9 Å². The number of fused-ring (bicyclic) bond motifs is 1. The first kappa shape index (κ1) is 19.8. The van der Waals surface area contributed by atoms with Gasteiger partial charge in [0.2, 0.25) is 5.95 Å². The van der Waals surface area contributed by atoms with E-state index in [2.05, 4.69) is 25.3 Å². The molecule has 0 spiro atoms. The van der Waals surface area contributed by atoms with Gasteiger partial charge in [-0.25, -0.2) is 19.0 Å². The Kier molecular flexibility index (Phi) is 4.90. The highest BCUT2D eigenvalue weighted by Gasteiger charge is 2.21. The molecule has 3 N–H and O–H groups in total. The second kappa shape index (κ2) is 7.42. The van der Waals surface area contributed by atoms with E-state index in [0.717, 1.165) is 11.4 Å². The lowest BCUT2D eigenvalue weighted by atomic mass is 9.90. The summed E-state index contributed by atoms with van der Waals surface area (Å²) >= 11 is 0. The van der Waals surface area contributed by atoms with Crippen LogP contribution in [0.1, 0.15) is 30.8 Å². The molecule has 4 aromatic rings. The lowest BCUT2D eigenvalue weighted by molar-refractivity contribution is 0.215. The van der Waals surface area contributed by atoms with Crippen molar-refractivity contribution >= 4 is 16.9 Å². The van der Waals surface area contributed by atoms with Crippen LogP contribution in [0.25, 0.3) is 22.3 Å². The fourth-order valence-corrected chi connectivity index (χ4v) is 3.20. The van der Waals surface area contributed by atoms with Crippen LogP contribution in [-0.4, -0.2) is 41.7 Å². The third kappa shape index (κ3) is 3.59. The van der Waals surface area contributed by atoms with Gasteiger partial charge >= 0.3 is 0 Å². The van der Waals surface area contributed by atoms with E-state index >= 15 is 0 Å². The van der Waals surface area contributed by atoms with E-state index in [9.17, 15) is 9.50 Å². The number of aryl methyl sites for hydroxylation is 1. The third-order valence-electron chi connectivity index (χ3n) is 5.07. The molecule has 154 valence electrons. The van der Waals surface area contributed by atoms with Crippen molar-refractivity contribution in [3.05, 3.63) is 59.3 Å². The summed E-state index contributed by atoms with van der Waals surface area (Å²) in [7, 11) is 0. The Labute approximate surface area is 172 Å². The van der Waals surface area contributed by atoms with Gasteiger partial charge in [0.25, 0.3) is 0 Å². The number of aromatic nitrogens is 6. The second-order valence-electron chi connectivity index (χ2n) is 7.86. The van der Waals surface area contributed by atoms with Crippen LogP contribution in [0, 0.1) is 12.7 Å². The van der Waals surface area contributed by atoms with Crippen LogP contribution in [0.2, 0.25) is 0 Å². The third-order valence-corrected chi connectivity index (χ3v) is 5.07. The van der Waals surface area contributed by atoms with Crippen LogP contribution in [0.15, 0.2) is 36.5 Å². The van der Waals surface area contributed by atoms with Gasteiger partial charge < -0.3 is 10.8 Å². The summed E-state index contributed by atoms with van der Waals surface area (Å²) in [5, 5.41) is 18.6. The Bertz CT molecular complexity index is 1240. The molecule has 1 aromatic carbocycles. The van der Waals surface area contributed by atoms with E-state index in [0.29, 0.717) is 34.4 Å². The molecule has 0 amide bonds. The minimum atomic E-state index is -0.436. The number of nitrogen functional groups attached to an aromatic ring is 1.